The first kappa shape index (κ1) is 12.2. The minimum absolute atomic E-state index is 0.0384. The lowest BCUT2D eigenvalue weighted by atomic mass is 10.2. The second-order valence-electron chi connectivity index (χ2n) is 3.54. The standard InChI is InChI=1S/C12H13FO3/c1-8(2)5-6-16-11-7-9(13)3-4-10(11)12(14)15/h3-5,7H,6H2,1-2H3,(H,14,15). The fraction of sp³-hybridized carbons (Fsp3) is 0.250. The Labute approximate surface area is 93.2 Å². The van der Waals surface area contributed by atoms with Gasteiger partial charge in [0, 0.05) is 6.07 Å². The van der Waals surface area contributed by atoms with E-state index in [2.05, 4.69) is 0 Å². The number of allylic oxidation sites excluding steroid dienone is 1. The van der Waals surface area contributed by atoms with E-state index in [1.165, 1.54) is 6.07 Å². The molecule has 0 aliphatic rings. The molecule has 4 heteroatoms. The van der Waals surface area contributed by atoms with Gasteiger partial charge >= 0.3 is 5.97 Å². The number of rotatable bonds is 4. The normalized spacial score (nSPS) is 9.69. The Hall–Kier alpha value is -1.84. The molecule has 0 spiro atoms. The number of hydrogen-bond donors (Lipinski definition) is 1. The van der Waals surface area contributed by atoms with Crippen molar-refractivity contribution >= 4 is 5.97 Å². The van der Waals surface area contributed by atoms with Crippen LogP contribution in [0.5, 0.6) is 5.75 Å². The number of aromatic carboxylic acids is 1. The number of carboxylic acid groups (broad SMARTS) is 1. The summed E-state index contributed by atoms with van der Waals surface area (Å²) in [7, 11) is 0. The van der Waals surface area contributed by atoms with Gasteiger partial charge in [-0.25, -0.2) is 9.18 Å². The largest absolute Gasteiger partial charge is 0.489 e. The third-order valence-electron chi connectivity index (χ3n) is 1.90. The van der Waals surface area contributed by atoms with Gasteiger partial charge in [-0.15, -0.1) is 0 Å². The van der Waals surface area contributed by atoms with E-state index in [0.29, 0.717) is 0 Å². The third-order valence-corrected chi connectivity index (χ3v) is 1.90. The Morgan fingerprint density at radius 3 is 2.75 bits per heavy atom. The van der Waals surface area contributed by atoms with Crippen LogP contribution in [0, 0.1) is 5.82 Å². The highest BCUT2D eigenvalue weighted by Crippen LogP contribution is 2.20. The molecule has 1 rings (SSSR count). The predicted octanol–water partition coefficient (Wildman–Crippen LogP) is 2.87. The molecule has 1 N–H and O–H groups in total. The molecular weight excluding hydrogens is 211 g/mol. The quantitative estimate of drug-likeness (QED) is 0.800. The maximum absolute atomic E-state index is 12.9. The zero-order chi connectivity index (χ0) is 12.1. The summed E-state index contributed by atoms with van der Waals surface area (Å²) in [5.74, 6) is -1.60. The maximum Gasteiger partial charge on any atom is 0.339 e. The minimum Gasteiger partial charge on any atom is -0.489 e. The van der Waals surface area contributed by atoms with Crippen molar-refractivity contribution in [3.8, 4) is 5.75 Å². The molecule has 0 atom stereocenters. The molecular formula is C12H13FO3. The van der Waals surface area contributed by atoms with E-state index in [1.54, 1.807) is 6.08 Å². The molecule has 3 nitrogen and oxygen atoms in total. The van der Waals surface area contributed by atoms with E-state index in [-0.39, 0.29) is 17.9 Å². The summed E-state index contributed by atoms with van der Waals surface area (Å²) in [5, 5.41) is 8.85. The van der Waals surface area contributed by atoms with Crippen molar-refractivity contribution < 1.29 is 19.0 Å². The first-order valence-electron chi connectivity index (χ1n) is 4.79. The molecule has 0 aliphatic carbocycles. The zero-order valence-corrected chi connectivity index (χ0v) is 9.16. The monoisotopic (exact) mass is 224 g/mol. The van der Waals surface area contributed by atoms with E-state index in [0.717, 1.165) is 17.7 Å². The van der Waals surface area contributed by atoms with Gasteiger partial charge in [-0.1, -0.05) is 5.57 Å². The Bertz CT molecular complexity index is 420. The maximum atomic E-state index is 12.9. The molecule has 0 heterocycles. The first-order valence-corrected chi connectivity index (χ1v) is 4.79. The van der Waals surface area contributed by atoms with E-state index in [9.17, 15) is 9.18 Å². The van der Waals surface area contributed by atoms with E-state index in [4.69, 9.17) is 9.84 Å². The molecule has 0 saturated carbocycles. The van der Waals surface area contributed by atoms with Crippen molar-refractivity contribution in [3.63, 3.8) is 0 Å². The molecule has 86 valence electrons. The first-order chi connectivity index (χ1) is 7.50. The minimum atomic E-state index is -1.13. The van der Waals surface area contributed by atoms with E-state index >= 15 is 0 Å². The van der Waals surface area contributed by atoms with Crippen LogP contribution in [0.3, 0.4) is 0 Å². The molecule has 1 aromatic carbocycles. The van der Waals surface area contributed by atoms with Gasteiger partial charge in [0.25, 0.3) is 0 Å². The van der Waals surface area contributed by atoms with E-state index < -0.39 is 11.8 Å². The molecule has 16 heavy (non-hydrogen) atoms. The lowest BCUT2D eigenvalue weighted by Crippen LogP contribution is -2.03. The number of halogens is 1. The van der Waals surface area contributed by atoms with Crippen molar-refractivity contribution in [2.24, 2.45) is 0 Å². The van der Waals surface area contributed by atoms with Crippen LogP contribution in [0.15, 0.2) is 29.8 Å². The fourth-order valence-electron chi connectivity index (χ4n) is 1.09. The second kappa shape index (κ2) is 5.30. The van der Waals surface area contributed by atoms with Crippen LogP contribution in [-0.2, 0) is 0 Å². The predicted molar refractivity (Wildman–Crippen MR) is 58.3 cm³/mol. The van der Waals surface area contributed by atoms with Gasteiger partial charge in [0.05, 0.1) is 0 Å². The van der Waals surface area contributed by atoms with Crippen molar-refractivity contribution in [1.29, 1.82) is 0 Å². The molecule has 1 aromatic rings. The lowest BCUT2D eigenvalue weighted by Gasteiger charge is -2.07. The van der Waals surface area contributed by atoms with Crippen LogP contribution in [-0.4, -0.2) is 17.7 Å². The van der Waals surface area contributed by atoms with Crippen LogP contribution >= 0.6 is 0 Å². The van der Waals surface area contributed by atoms with Crippen molar-refractivity contribution in [1.82, 2.24) is 0 Å². The van der Waals surface area contributed by atoms with Gasteiger partial charge in [0.2, 0.25) is 0 Å². The summed E-state index contributed by atoms with van der Waals surface area (Å²) in [6.45, 7) is 4.02. The van der Waals surface area contributed by atoms with Gasteiger partial charge < -0.3 is 9.84 Å². The van der Waals surface area contributed by atoms with Crippen LogP contribution in [0.1, 0.15) is 24.2 Å². The average molecular weight is 224 g/mol. The Balaban J connectivity index is 2.88. The topological polar surface area (TPSA) is 46.5 Å². The number of ether oxygens (including phenoxy) is 1. The summed E-state index contributed by atoms with van der Waals surface area (Å²) in [5.41, 5.74) is 1.01. The Morgan fingerprint density at radius 2 is 2.19 bits per heavy atom. The number of hydrogen-bond acceptors (Lipinski definition) is 2. The highest BCUT2D eigenvalue weighted by Gasteiger charge is 2.11. The molecule has 0 amide bonds. The molecule has 0 saturated heterocycles. The molecule has 0 bridgehead atoms. The summed E-state index contributed by atoms with van der Waals surface area (Å²) in [6, 6.07) is 3.36. The molecule has 0 aliphatic heterocycles. The SMILES string of the molecule is CC(C)=CCOc1cc(F)ccc1C(=O)O. The molecule has 0 radical (unpaired) electrons. The van der Waals surface area contributed by atoms with Gasteiger partial charge in [0.15, 0.2) is 0 Å². The Morgan fingerprint density at radius 1 is 1.50 bits per heavy atom. The third kappa shape index (κ3) is 3.38. The lowest BCUT2D eigenvalue weighted by molar-refractivity contribution is 0.0692. The smallest absolute Gasteiger partial charge is 0.339 e. The zero-order valence-electron chi connectivity index (χ0n) is 9.16. The van der Waals surface area contributed by atoms with Crippen LogP contribution in [0.4, 0.5) is 4.39 Å². The van der Waals surface area contributed by atoms with E-state index in [1.807, 2.05) is 13.8 Å². The van der Waals surface area contributed by atoms with Gasteiger partial charge in [-0.3, -0.25) is 0 Å². The summed E-state index contributed by atoms with van der Waals surface area (Å²) in [6.07, 6.45) is 1.79. The van der Waals surface area contributed by atoms with Crippen molar-refractivity contribution in [2.75, 3.05) is 6.61 Å². The van der Waals surface area contributed by atoms with Gasteiger partial charge in [-0.2, -0.15) is 0 Å². The second-order valence-corrected chi connectivity index (χ2v) is 3.54. The van der Waals surface area contributed by atoms with Crippen LogP contribution in [0.25, 0.3) is 0 Å². The summed E-state index contributed by atoms with van der Waals surface area (Å²) >= 11 is 0. The van der Waals surface area contributed by atoms with Crippen molar-refractivity contribution in [3.05, 3.63) is 41.2 Å². The summed E-state index contributed by atoms with van der Waals surface area (Å²) < 4.78 is 18.1. The average Bonchev–Trinajstić information content (AvgIpc) is 2.16. The highest BCUT2D eigenvalue weighted by atomic mass is 19.1. The Kier molecular flexibility index (Phi) is 4.05. The van der Waals surface area contributed by atoms with Crippen LogP contribution < -0.4 is 4.74 Å². The number of carboxylic acids is 1. The van der Waals surface area contributed by atoms with Crippen LogP contribution in [0.2, 0.25) is 0 Å². The molecule has 0 unspecified atom stereocenters. The molecule has 0 aromatic heterocycles. The highest BCUT2D eigenvalue weighted by molar-refractivity contribution is 5.90. The van der Waals surface area contributed by atoms with Gasteiger partial charge in [-0.05, 0) is 32.1 Å². The van der Waals surface area contributed by atoms with Gasteiger partial charge in [0.1, 0.15) is 23.7 Å². The fourth-order valence-corrected chi connectivity index (χ4v) is 1.09. The van der Waals surface area contributed by atoms with Crippen molar-refractivity contribution in [2.45, 2.75) is 13.8 Å². The number of carbonyl (C=O) groups is 1. The molecule has 0 fully saturated rings. The summed E-state index contributed by atoms with van der Waals surface area (Å²) in [4.78, 5) is 10.8. The number of benzene rings is 1.